The highest BCUT2D eigenvalue weighted by Crippen LogP contribution is 2.12. The lowest BCUT2D eigenvalue weighted by atomic mass is 10.1. The third-order valence-electron chi connectivity index (χ3n) is 2.66. The quantitative estimate of drug-likeness (QED) is 0.748. The van der Waals surface area contributed by atoms with Crippen molar-refractivity contribution >= 4 is 11.6 Å². The van der Waals surface area contributed by atoms with Crippen molar-refractivity contribution in [2.75, 3.05) is 5.32 Å². The second-order valence-corrected chi connectivity index (χ2v) is 4.32. The van der Waals surface area contributed by atoms with E-state index in [0.717, 1.165) is 24.8 Å². The Labute approximate surface area is 102 Å². The van der Waals surface area contributed by atoms with Gasteiger partial charge in [0.05, 0.1) is 0 Å². The number of amides is 1. The minimum Gasteiger partial charge on any atom is -0.324 e. The Morgan fingerprint density at radius 2 is 1.94 bits per heavy atom. The van der Waals surface area contributed by atoms with E-state index in [2.05, 4.69) is 12.2 Å². The summed E-state index contributed by atoms with van der Waals surface area (Å²) in [6.07, 6.45) is 1.68. The lowest BCUT2D eigenvalue weighted by Gasteiger charge is -2.09. The highest BCUT2D eigenvalue weighted by atomic mass is 19.1. The van der Waals surface area contributed by atoms with E-state index in [1.54, 1.807) is 12.1 Å². The van der Waals surface area contributed by atoms with Crippen LogP contribution in [0.3, 0.4) is 0 Å². The van der Waals surface area contributed by atoms with Crippen LogP contribution in [-0.4, -0.2) is 12.1 Å². The first-order chi connectivity index (χ1) is 8.13. The number of benzene rings is 1. The maximum atomic E-state index is 13.5. The molecule has 94 valence electrons. The summed E-state index contributed by atoms with van der Waals surface area (Å²) < 4.78 is 13.5. The van der Waals surface area contributed by atoms with Gasteiger partial charge in [0.1, 0.15) is 0 Å². The first kappa shape index (κ1) is 13.7. The summed E-state index contributed by atoms with van der Waals surface area (Å²) in [7, 11) is 0. The number of unbranched alkanes of at least 4 members (excludes halogenated alkanes) is 2. The largest absolute Gasteiger partial charge is 0.324 e. The molecular weight excluding hydrogens is 217 g/mol. The average molecular weight is 237 g/mol. The molecule has 0 heterocycles. The van der Waals surface area contributed by atoms with Gasteiger partial charge in [0.25, 0.3) is 5.91 Å². The van der Waals surface area contributed by atoms with E-state index in [1.165, 1.54) is 0 Å². The van der Waals surface area contributed by atoms with Crippen molar-refractivity contribution in [1.29, 1.82) is 0 Å². The van der Waals surface area contributed by atoms with E-state index in [9.17, 15) is 9.18 Å². The molecule has 0 aliphatic rings. The van der Waals surface area contributed by atoms with Crippen molar-refractivity contribution in [3.63, 3.8) is 0 Å². The van der Waals surface area contributed by atoms with Crippen LogP contribution in [0, 0.1) is 6.92 Å². The number of aryl methyl sites for hydroxylation is 1. The zero-order valence-electron chi connectivity index (χ0n) is 10.5. The molecule has 1 rings (SSSR count). The minimum absolute atomic E-state index is 0.311. The van der Waals surface area contributed by atoms with Crippen LogP contribution in [0.15, 0.2) is 24.3 Å². The Bertz CT molecular complexity index is 348. The van der Waals surface area contributed by atoms with Crippen molar-refractivity contribution in [3.8, 4) is 0 Å². The Hall–Kier alpha value is -1.38. The SMILES string of the molecule is CCCCCC(F)C(=O)Nc1ccc(C)cc1. The van der Waals surface area contributed by atoms with Crippen molar-refractivity contribution in [3.05, 3.63) is 29.8 Å². The number of nitrogens with one attached hydrogen (secondary N) is 1. The van der Waals surface area contributed by atoms with Gasteiger partial charge >= 0.3 is 0 Å². The molecule has 0 aromatic heterocycles. The Morgan fingerprint density at radius 1 is 1.29 bits per heavy atom. The zero-order valence-corrected chi connectivity index (χ0v) is 10.5. The van der Waals surface area contributed by atoms with E-state index >= 15 is 0 Å². The molecule has 0 saturated carbocycles. The third-order valence-corrected chi connectivity index (χ3v) is 2.66. The van der Waals surface area contributed by atoms with Crippen LogP contribution in [-0.2, 0) is 4.79 Å². The highest BCUT2D eigenvalue weighted by Gasteiger charge is 2.16. The van der Waals surface area contributed by atoms with Gasteiger partial charge < -0.3 is 5.32 Å². The Morgan fingerprint density at radius 3 is 2.53 bits per heavy atom. The number of alkyl halides is 1. The molecule has 0 bridgehead atoms. The number of hydrogen-bond acceptors (Lipinski definition) is 1. The molecule has 2 nitrogen and oxygen atoms in total. The van der Waals surface area contributed by atoms with Gasteiger partial charge in [-0.25, -0.2) is 4.39 Å². The molecule has 1 atom stereocenters. The second kappa shape index (κ2) is 7.05. The molecule has 1 unspecified atom stereocenters. The predicted octanol–water partition coefficient (Wildman–Crippen LogP) is 3.85. The lowest BCUT2D eigenvalue weighted by Crippen LogP contribution is -2.23. The number of anilines is 1. The normalized spacial score (nSPS) is 12.2. The van der Waals surface area contributed by atoms with Crippen LogP contribution < -0.4 is 5.32 Å². The smallest absolute Gasteiger partial charge is 0.258 e. The highest BCUT2D eigenvalue weighted by molar-refractivity contribution is 5.94. The van der Waals surface area contributed by atoms with Crippen molar-refractivity contribution in [1.82, 2.24) is 0 Å². The van der Waals surface area contributed by atoms with E-state index in [4.69, 9.17) is 0 Å². The molecule has 0 saturated heterocycles. The molecule has 1 aromatic rings. The van der Waals surface area contributed by atoms with Gasteiger partial charge in [-0.1, -0.05) is 43.9 Å². The summed E-state index contributed by atoms with van der Waals surface area (Å²) in [4.78, 5) is 11.5. The number of halogens is 1. The van der Waals surface area contributed by atoms with Gasteiger partial charge in [0, 0.05) is 5.69 Å². The van der Waals surface area contributed by atoms with Crippen LogP contribution in [0.5, 0.6) is 0 Å². The second-order valence-electron chi connectivity index (χ2n) is 4.32. The summed E-state index contributed by atoms with van der Waals surface area (Å²) in [6, 6.07) is 7.35. The summed E-state index contributed by atoms with van der Waals surface area (Å²) >= 11 is 0. The standard InChI is InChI=1S/C14H20FNO/c1-3-4-5-6-13(15)14(17)16-12-9-7-11(2)8-10-12/h7-10,13H,3-6H2,1-2H3,(H,16,17). The monoisotopic (exact) mass is 237 g/mol. The molecule has 17 heavy (non-hydrogen) atoms. The summed E-state index contributed by atoms with van der Waals surface area (Å²) in [5.41, 5.74) is 1.77. The molecule has 1 aromatic carbocycles. The maximum Gasteiger partial charge on any atom is 0.258 e. The molecule has 0 radical (unpaired) electrons. The minimum atomic E-state index is -1.40. The molecule has 1 amide bonds. The lowest BCUT2D eigenvalue weighted by molar-refractivity contribution is -0.121. The third kappa shape index (κ3) is 4.98. The molecule has 0 aliphatic carbocycles. The van der Waals surface area contributed by atoms with E-state index in [-0.39, 0.29) is 0 Å². The van der Waals surface area contributed by atoms with Crippen molar-refractivity contribution in [2.45, 2.75) is 45.7 Å². The molecule has 1 N–H and O–H groups in total. The average Bonchev–Trinajstić information content (AvgIpc) is 2.32. The van der Waals surface area contributed by atoms with Crippen LogP contribution in [0.25, 0.3) is 0 Å². The Balaban J connectivity index is 2.40. The van der Waals surface area contributed by atoms with Gasteiger partial charge in [0.2, 0.25) is 0 Å². The van der Waals surface area contributed by atoms with Gasteiger partial charge in [-0.3, -0.25) is 4.79 Å². The number of carbonyl (C=O) groups excluding carboxylic acids is 1. The fourth-order valence-electron chi connectivity index (χ4n) is 1.56. The summed E-state index contributed by atoms with van der Waals surface area (Å²) in [6.45, 7) is 4.02. The first-order valence-corrected chi connectivity index (χ1v) is 6.15. The fraction of sp³-hybridized carbons (Fsp3) is 0.500. The van der Waals surface area contributed by atoms with Crippen molar-refractivity contribution in [2.24, 2.45) is 0 Å². The van der Waals surface area contributed by atoms with Gasteiger partial charge in [0.15, 0.2) is 6.17 Å². The Kier molecular flexibility index (Phi) is 5.67. The van der Waals surface area contributed by atoms with E-state index < -0.39 is 12.1 Å². The van der Waals surface area contributed by atoms with Crippen LogP contribution in [0.1, 0.15) is 38.2 Å². The first-order valence-electron chi connectivity index (χ1n) is 6.15. The molecule has 0 aliphatic heterocycles. The van der Waals surface area contributed by atoms with Crippen LogP contribution >= 0.6 is 0 Å². The summed E-state index contributed by atoms with van der Waals surface area (Å²) in [5, 5.41) is 2.58. The molecule has 0 fully saturated rings. The van der Waals surface area contributed by atoms with Crippen LogP contribution in [0.4, 0.5) is 10.1 Å². The topological polar surface area (TPSA) is 29.1 Å². The fourth-order valence-corrected chi connectivity index (χ4v) is 1.56. The summed E-state index contributed by atoms with van der Waals surface area (Å²) in [5.74, 6) is -0.537. The predicted molar refractivity (Wildman–Crippen MR) is 68.8 cm³/mol. The van der Waals surface area contributed by atoms with Gasteiger partial charge in [-0.15, -0.1) is 0 Å². The van der Waals surface area contributed by atoms with E-state index in [0.29, 0.717) is 12.1 Å². The van der Waals surface area contributed by atoms with E-state index in [1.807, 2.05) is 19.1 Å². The zero-order chi connectivity index (χ0) is 12.7. The molecule has 3 heteroatoms. The molecular formula is C14H20FNO. The molecule has 0 spiro atoms. The number of hydrogen-bond donors (Lipinski definition) is 1. The van der Waals surface area contributed by atoms with Gasteiger partial charge in [-0.05, 0) is 25.5 Å². The van der Waals surface area contributed by atoms with Gasteiger partial charge in [-0.2, -0.15) is 0 Å². The number of rotatable bonds is 6. The maximum absolute atomic E-state index is 13.5. The van der Waals surface area contributed by atoms with Crippen LogP contribution in [0.2, 0.25) is 0 Å². The number of carbonyl (C=O) groups is 1. The van der Waals surface area contributed by atoms with Crippen molar-refractivity contribution < 1.29 is 9.18 Å².